The Balaban J connectivity index is -0.00000293. The number of carbonyl (C=O) groups is 4. The van der Waals surface area contributed by atoms with E-state index < -0.39 is 0 Å². The molecule has 0 aromatic heterocycles. The molecule has 0 atom stereocenters. The first-order valence-corrected chi connectivity index (χ1v) is 22.1. The van der Waals surface area contributed by atoms with Gasteiger partial charge in [0.1, 0.15) is 13.2 Å². The molecule has 0 aliphatic rings. The highest BCUT2D eigenvalue weighted by atomic mass is 16.5. The van der Waals surface area contributed by atoms with E-state index in [-0.39, 0.29) is 62.9 Å². The molecule has 2 amide bonds. The molecular formula is C44H88N2O8. The highest BCUT2D eigenvalue weighted by Crippen LogP contribution is 2.13. The quantitative estimate of drug-likeness (QED) is 0.0471. The van der Waals surface area contributed by atoms with Crippen molar-refractivity contribution in [3.8, 4) is 0 Å². The van der Waals surface area contributed by atoms with Gasteiger partial charge in [0.15, 0.2) is 0 Å². The van der Waals surface area contributed by atoms with Crippen LogP contribution in [0.25, 0.3) is 0 Å². The topological polar surface area (TPSA) is 131 Å². The number of hydrogen-bond acceptors (Lipinski definition) is 8. The summed E-state index contributed by atoms with van der Waals surface area (Å²) >= 11 is 0. The lowest BCUT2D eigenvalue weighted by atomic mass is 10.1. The van der Waals surface area contributed by atoms with E-state index in [1.807, 2.05) is 6.92 Å². The van der Waals surface area contributed by atoms with E-state index in [1.54, 1.807) is 7.11 Å². The van der Waals surface area contributed by atoms with Gasteiger partial charge >= 0.3 is 11.9 Å². The van der Waals surface area contributed by atoms with E-state index in [2.05, 4.69) is 26.1 Å². The van der Waals surface area contributed by atoms with Gasteiger partial charge in [-0.2, -0.15) is 0 Å². The second-order valence-corrected chi connectivity index (χ2v) is 14.2. The third-order valence-electron chi connectivity index (χ3n) is 9.21. The van der Waals surface area contributed by atoms with Crippen molar-refractivity contribution in [2.75, 3.05) is 53.7 Å². The Morgan fingerprint density at radius 3 is 1.13 bits per heavy atom. The van der Waals surface area contributed by atoms with E-state index in [0.717, 1.165) is 52.2 Å². The minimum atomic E-state index is -0.246. The zero-order valence-corrected chi connectivity index (χ0v) is 36.3. The molecule has 0 aromatic rings. The smallest absolute Gasteiger partial charge is 0.305 e. The van der Waals surface area contributed by atoms with Crippen LogP contribution < -0.4 is 5.32 Å². The number of ether oxygens (including phenoxy) is 3. The molecule has 0 fully saturated rings. The van der Waals surface area contributed by atoms with E-state index in [0.29, 0.717) is 19.4 Å². The molecular weight excluding hydrogens is 684 g/mol. The Kier molecular flexibility index (Phi) is 50.7. The Labute approximate surface area is 333 Å². The summed E-state index contributed by atoms with van der Waals surface area (Å²) < 4.78 is 15.6. The van der Waals surface area contributed by atoms with Gasteiger partial charge in [-0.15, -0.1) is 0 Å². The monoisotopic (exact) mass is 773 g/mol. The number of methoxy groups -OCH3 is 1. The minimum absolute atomic E-state index is 0.0607. The molecule has 10 nitrogen and oxygen atoms in total. The number of aliphatic hydroxyl groups excluding tert-OH is 1. The van der Waals surface area contributed by atoms with E-state index in [4.69, 9.17) is 19.3 Å². The highest BCUT2D eigenvalue weighted by Gasteiger charge is 2.17. The van der Waals surface area contributed by atoms with Gasteiger partial charge in [-0.25, -0.2) is 0 Å². The van der Waals surface area contributed by atoms with Gasteiger partial charge in [-0.05, 0) is 26.2 Å². The molecule has 0 aliphatic heterocycles. The number of nitrogens with one attached hydrogen (secondary N) is 1. The number of unbranched alkanes of at least 4 members (excludes halogenated alkanes) is 21. The predicted molar refractivity (Wildman–Crippen MR) is 223 cm³/mol. The fourth-order valence-corrected chi connectivity index (χ4v) is 5.86. The summed E-state index contributed by atoms with van der Waals surface area (Å²) in [5.41, 5.74) is 0. The molecule has 0 saturated heterocycles. The fraction of sp³-hybridized carbons (Fsp3) is 0.909. The van der Waals surface area contributed by atoms with Crippen LogP contribution in [0.5, 0.6) is 0 Å². The van der Waals surface area contributed by atoms with Crippen LogP contribution in [0, 0.1) is 0 Å². The van der Waals surface area contributed by atoms with Gasteiger partial charge in [0.2, 0.25) is 11.8 Å². The second kappa shape index (κ2) is 48.8. The highest BCUT2D eigenvalue weighted by molar-refractivity contribution is 5.83. The molecule has 0 rings (SSSR count). The largest absolute Gasteiger partial charge is 0.464 e. The lowest BCUT2D eigenvalue weighted by Crippen LogP contribution is -2.38. The van der Waals surface area contributed by atoms with Gasteiger partial charge in [0.25, 0.3) is 0 Å². The van der Waals surface area contributed by atoms with Crippen LogP contribution in [0.15, 0.2) is 0 Å². The summed E-state index contributed by atoms with van der Waals surface area (Å²) in [7, 11) is 2.73. The van der Waals surface area contributed by atoms with Gasteiger partial charge in [-0.3, -0.25) is 19.2 Å². The first kappa shape index (κ1) is 56.1. The number of carbonyl (C=O) groups excluding carboxylic acids is 4. The first-order chi connectivity index (χ1) is 26.4. The molecule has 0 spiro atoms. The third kappa shape index (κ3) is 46.0. The summed E-state index contributed by atoms with van der Waals surface area (Å²) in [5, 5.41) is 9.70. The van der Waals surface area contributed by atoms with Gasteiger partial charge < -0.3 is 29.5 Å². The molecule has 322 valence electrons. The predicted octanol–water partition coefficient (Wildman–Crippen LogP) is 10.3. The van der Waals surface area contributed by atoms with Crippen LogP contribution in [-0.2, 0) is 33.4 Å². The second-order valence-electron chi connectivity index (χ2n) is 14.2. The zero-order valence-electron chi connectivity index (χ0n) is 36.3. The van der Waals surface area contributed by atoms with E-state index in [1.165, 1.54) is 120 Å². The molecule has 0 bridgehead atoms. The van der Waals surface area contributed by atoms with Crippen LogP contribution in [0.3, 0.4) is 0 Å². The number of hydrogen-bond donors (Lipinski definition) is 2. The normalized spacial score (nSPS) is 10.4. The lowest BCUT2D eigenvalue weighted by molar-refractivity contribution is -0.147. The van der Waals surface area contributed by atoms with Crippen molar-refractivity contribution in [3.63, 3.8) is 0 Å². The SMILES string of the molecule is CCCCCCCCCCCCCC(=O)OCCN(CCOC(=O)CCCCCCCCCCCCC)C(=O)CCC(=O)NCC.CCCCOC.CO. The lowest BCUT2D eigenvalue weighted by Gasteiger charge is -2.22. The summed E-state index contributed by atoms with van der Waals surface area (Å²) in [6.45, 7) is 10.5. The zero-order chi connectivity index (χ0) is 40.8. The molecule has 2 N–H and O–H groups in total. The van der Waals surface area contributed by atoms with Gasteiger partial charge in [0, 0.05) is 53.1 Å². The Bertz CT molecular complexity index is 763. The number of rotatable bonds is 37. The van der Waals surface area contributed by atoms with E-state index >= 15 is 0 Å². The molecule has 54 heavy (non-hydrogen) atoms. The fourth-order valence-electron chi connectivity index (χ4n) is 5.86. The standard InChI is InChI=1S/C38H72N2O6.C5H12O.CH4O/c1-4-7-9-11-13-15-17-19-21-23-25-27-37(43)45-33-31-40(36(42)30-29-35(41)39-6-3)32-34-46-38(44)28-26-24-22-20-18-16-14-12-10-8-5-2;1-3-4-5-6-2;1-2/h4-34H2,1-3H3,(H,39,41);3-5H2,1-2H3;2H,1H3. The number of amides is 2. The van der Waals surface area contributed by atoms with Crippen molar-refractivity contribution in [1.29, 1.82) is 0 Å². The molecule has 0 unspecified atom stereocenters. The van der Waals surface area contributed by atoms with Crippen molar-refractivity contribution in [1.82, 2.24) is 10.2 Å². The summed E-state index contributed by atoms with van der Waals surface area (Å²) in [4.78, 5) is 50.7. The van der Waals surface area contributed by atoms with Crippen molar-refractivity contribution >= 4 is 23.8 Å². The van der Waals surface area contributed by atoms with Crippen molar-refractivity contribution in [2.24, 2.45) is 0 Å². The van der Waals surface area contributed by atoms with Crippen LogP contribution in [0.1, 0.15) is 207 Å². The van der Waals surface area contributed by atoms with Crippen molar-refractivity contribution in [2.45, 2.75) is 207 Å². The average Bonchev–Trinajstić information content (AvgIpc) is 3.17. The minimum Gasteiger partial charge on any atom is -0.464 e. The van der Waals surface area contributed by atoms with Crippen LogP contribution in [-0.4, -0.2) is 87.4 Å². The Morgan fingerprint density at radius 1 is 0.463 bits per heavy atom. The van der Waals surface area contributed by atoms with Crippen molar-refractivity contribution < 1.29 is 38.5 Å². The molecule has 10 heteroatoms. The maximum absolute atomic E-state index is 12.8. The first-order valence-electron chi connectivity index (χ1n) is 22.1. The summed E-state index contributed by atoms with van der Waals surface area (Å²) in [6, 6.07) is 0. The van der Waals surface area contributed by atoms with Crippen molar-refractivity contribution in [3.05, 3.63) is 0 Å². The number of aliphatic hydroxyl groups is 1. The average molecular weight is 773 g/mol. The van der Waals surface area contributed by atoms with E-state index in [9.17, 15) is 19.2 Å². The molecule has 0 aromatic carbocycles. The van der Waals surface area contributed by atoms with Gasteiger partial charge in [-0.1, -0.05) is 156 Å². The Hall–Kier alpha value is -2.20. The maximum atomic E-state index is 12.8. The molecule has 0 aliphatic carbocycles. The third-order valence-corrected chi connectivity index (χ3v) is 9.21. The Morgan fingerprint density at radius 2 is 0.815 bits per heavy atom. The number of esters is 2. The molecule has 0 radical (unpaired) electrons. The summed E-state index contributed by atoms with van der Waals surface area (Å²) in [5.74, 6) is -0.880. The maximum Gasteiger partial charge on any atom is 0.305 e. The van der Waals surface area contributed by atoms with Crippen LogP contribution in [0.4, 0.5) is 0 Å². The molecule has 0 heterocycles. The van der Waals surface area contributed by atoms with Gasteiger partial charge in [0.05, 0.1) is 13.1 Å². The van der Waals surface area contributed by atoms with Crippen LogP contribution >= 0.6 is 0 Å². The number of nitrogens with zero attached hydrogens (tertiary/aromatic N) is 1. The van der Waals surface area contributed by atoms with Crippen LogP contribution in [0.2, 0.25) is 0 Å². The molecule has 0 saturated carbocycles. The summed E-state index contributed by atoms with van der Waals surface area (Å²) in [6.07, 6.45) is 30.3.